The molecule has 1 aromatic carbocycles. The number of carbonyl (C=O) groups excluding carboxylic acids is 1. The highest BCUT2D eigenvalue weighted by Gasteiger charge is 2.17. The minimum Gasteiger partial charge on any atom is -0.484 e. The standard InChI is InChI=1S/C21H27N3O3/c25-20(23-11-5-1-2-6-12-23)15-27-16-9-10-18-17(14-16)21(26)24-13-7-3-4-8-19(24)22-18/h9-10,14H,1-8,11-13,15H2. The van der Waals surface area contributed by atoms with Crippen LogP contribution < -0.4 is 10.3 Å². The lowest BCUT2D eigenvalue weighted by atomic mass is 10.2. The Morgan fingerprint density at radius 2 is 1.74 bits per heavy atom. The normalized spacial score (nSPS) is 17.9. The molecule has 2 aliphatic heterocycles. The average Bonchev–Trinajstić information content (AvgIpc) is 3.09. The minimum absolute atomic E-state index is 0.00111. The van der Waals surface area contributed by atoms with E-state index in [2.05, 4.69) is 4.98 Å². The Morgan fingerprint density at radius 1 is 1.00 bits per heavy atom. The second-order valence-electron chi connectivity index (χ2n) is 7.56. The summed E-state index contributed by atoms with van der Waals surface area (Å²) >= 11 is 0. The fraction of sp³-hybridized carbons (Fsp3) is 0.571. The third kappa shape index (κ3) is 3.99. The van der Waals surface area contributed by atoms with Crippen molar-refractivity contribution in [3.8, 4) is 5.75 Å². The van der Waals surface area contributed by atoms with Gasteiger partial charge in [-0.1, -0.05) is 19.3 Å². The van der Waals surface area contributed by atoms with Crippen LogP contribution in [0.1, 0.15) is 50.8 Å². The average molecular weight is 369 g/mol. The molecular weight excluding hydrogens is 342 g/mol. The van der Waals surface area contributed by atoms with E-state index in [1.54, 1.807) is 12.1 Å². The number of rotatable bonds is 3. The van der Waals surface area contributed by atoms with Gasteiger partial charge in [-0.3, -0.25) is 14.2 Å². The van der Waals surface area contributed by atoms with Crippen molar-refractivity contribution in [1.29, 1.82) is 0 Å². The fourth-order valence-electron chi connectivity index (χ4n) is 4.04. The summed E-state index contributed by atoms with van der Waals surface area (Å²) in [6, 6.07) is 5.37. The molecular formula is C21H27N3O3. The third-order valence-electron chi connectivity index (χ3n) is 5.61. The molecule has 2 aliphatic rings. The van der Waals surface area contributed by atoms with E-state index in [1.807, 2.05) is 15.5 Å². The molecule has 3 heterocycles. The maximum Gasteiger partial charge on any atom is 0.261 e. The van der Waals surface area contributed by atoms with E-state index in [1.165, 1.54) is 12.8 Å². The molecule has 1 saturated heterocycles. The molecule has 1 amide bonds. The molecule has 0 radical (unpaired) electrons. The smallest absolute Gasteiger partial charge is 0.261 e. The van der Waals surface area contributed by atoms with Crippen molar-refractivity contribution >= 4 is 16.8 Å². The molecule has 0 spiro atoms. The van der Waals surface area contributed by atoms with Crippen LogP contribution in [-0.4, -0.2) is 40.1 Å². The number of benzene rings is 1. The Balaban J connectivity index is 1.52. The number of hydrogen-bond donors (Lipinski definition) is 0. The summed E-state index contributed by atoms with van der Waals surface area (Å²) < 4.78 is 7.53. The van der Waals surface area contributed by atoms with Gasteiger partial charge in [-0.05, 0) is 43.9 Å². The van der Waals surface area contributed by atoms with E-state index in [9.17, 15) is 9.59 Å². The number of fused-ring (bicyclic) bond motifs is 2. The molecule has 4 rings (SSSR count). The van der Waals surface area contributed by atoms with Gasteiger partial charge < -0.3 is 9.64 Å². The van der Waals surface area contributed by atoms with Gasteiger partial charge in [0.1, 0.15) is 11.6 Å². The van der Waals surface area contributed by atoms with Crippen LogP contribution in [0, 0.1) is 0 Å². The fourth-order valence-corrected chi connectivity index (χ4v) is 4.04. The summed E-state index contributed by atoms with van der Waals surface area (Å²) in [6.07, 6.45) is 8.59. The number of aryl methyl sites for hydroxylation is 1. The van der Waals surface area contributed by atoms with Gasteiger partial charge in [-0.2, -0.15) is 0 Å². The van der Waals surface area contributed by atoms with Gasteiger partial charge in [0.05, 0.1) is 10.9 Å². The predicted octanol–water partition coefficient (Wildman–Crippen LogP) is 2.90. The Hall–Kier alpha value is -2.37. The molecule has 0 unspecified atom stereocenters. The van der Waals surface area contributed by atoms with Crippen molar-refractivity contribution in [2.45, 2.75) is 57.9 Å². The van der Waals surface area contributed by atoms with Crippen LogP contribution >= 0.6 is 0 Å². The Kier molecular flexibility index (Phi) is 5.41. The van der Waals surface area contributed by atoms with E-state index in [0.717, 1.165) is 64.0 Å². The Bertz CT molecular complexity index is 882. The van der Waals surface area contributed by atoms with E-state index < -0.39 is 0 Å². The molecule has 1 fully saturated rings. The monoisotopic (exact) mass is 369 g/mol. The number of hydrogen-bond acceptors (Lipinski definition) is 4. The zero-order valence-electron chi connectivity index (χ0n) is 15.8. The number of nitrogens with zero attached hydrogens (tertiary/aromatic N) is 3. The molecule has 1 aromatic heterocycles. The van der Waals surface area contributed by atoms with E-state index in [0.29, 0.717) is 16.7 Å². The summed E-state index contributed by atoms with van der Waals surface area (Å²) in [6.45, 7) is 2.38. The van der Waals surface area contributed by atoms with Crippen molar-refractivity contribution in [1.82, 2.24) is 14.5 Å². The molecule has 2 aromatic rings. The molecule has 0 aliphatic carbocycles. The highest BCUT2D eigenvalue weighted by Crippen LogP contribution is 2.20. The van der Waals surface area contributed by atoms with Crippen molar-refractivity contribution in [2.75, 3.05) is 19.7 Å². The first kappa shape index (κ1) is 18.0. The summed E-state index contributed by atoms with van der Waals surface area (Å²) in [7, 11) is 0. The maximum absolute atomic E-state index is 12.9. The lowest BCUT2D eigenvalue weighted by Gasteiger charge is -2.20. The van der Waals surface area contributed by atoms with Gasteiger partial charge in [-0.25, -0.2) is 4.98 Å². The van der Waals surface area contributed by atoms with Crippen molar-refractivity contribution in [3.63, 3.8) is 0 Å². The zero-order chi connectivity index (χ0) is 18.6. The van der Waals surface area contributed by atoms with Crippen molar-refractivity contribution in [3.05, 3.63) is 34.4 Å². The lowest BCUT2D eigenvalue weighted by Crippen LogP contribution is -2.35. The van der Waals surface area contributed by atoms with Crippen molar-refractivity contribution < 1.29 is 9.53 Å². The number of aromatic nitrogens is 2. The number of amides is 1. The topological polar surface area (TPSA) is 64.4 Å². The van der Waals surface area contributed by atoms with Crippen LogP contribution in [0.5, 0.6) is 5.75 Å². The van der Waals surface area contributed by atoms with E-state index in [-0.39, 0.29) is 18.1 Å². The lowest BCUT2D eigenvalue weighted by molar-refractivity contribution is -0.133. The van der Waals surface area contributed by atoms with Crippen LogP contribution in [0.15, 0.2) is 23.0 Å². The second kappa shape index (κ2) is 8.11. The Labute approximate surface area is 159 Å². The van der Waals surface area contributed by atoms with E-state index in [4.69, 9.17) is 4.74 Å². The van der Waals surface area contributed by atoms with Crippen LogP contribution in [0.3, 0.4) is 0 Å². The molecule has 6 heteroatoms. The molecule has 144 valence electrons. The summed E-state index contributed by atoms with van der Waals surface area (Å²) in [4.78, 5) is 31.9. The molecule has 0 atom stereocenters. The molecule has 6 nitrogen and oxygen atoms in total. The summed E-state index contributed by atoms with van der Waals surface area (Å²) in [5.41, 5.74) is 0.709. The van der Waals surface area contributed by atoms with Gasteiger partial charge in [0.25, 0.3) is 11.5 Å². The molecule has 0 saturated carbocycles. The first-order chi connectivity index (χ1) is 13.2. The van der Waals surface area contributed by atoms with Gasteiger partial charge >= 0.3 is 0 Å². The largest absolute Gasteiger partial charge is 0.484 e. The first-order valence-electron chi connectivity index (χ1n) is 10.2. The third-order valence-corrected chi connectivity index (χ3v) is 5.61. The first-order valence-corrected chi connectivity index (χ1v) is 10.2. The number of likely N-dealkylation sites (tertiary alicyclic amines) is 1. The highest BCUT2D eigenvalue weighted by atomic mass is 16.5. The van der Waals surface area contributed by atoms with Gasteiger partial charge in [0.2, 0.25) is 0 Å². The quantitative estimate of drug-likeness (QED) is 0.834. The summed E-state index contributed by atoms with van der Waals surface area (Å²) in [5, 5.41) is 0.570. The Morgan fingerprint density at radius 3 is 2.56 bits per heavy atom. The van der Waals surface area contributed by atoms with Crippen LogP contribution in [-0.2, 0) is 17.8 Å². The molecule has 0 N–H and O–H groups in total. The number of carbonyl (C=O) groups is 1. The second-order valence-corrected chi connectivity index (χ2v) is 7.56. The van der Waals surface area contributed by atoms with Crippen molar-refractivity contribution in [2.24, 2.45) is 0 Å². The van der Waals surface area contributed by atoms with Gasteiger partial charge in [-0.15, -0.1) is 0 Å². The van der Waals surface area contributed by atoms with Gasteiger partial charge in [0, 0.05) is 26.1 Å². The van der Waals surface area contributed by atoms with Crippen LogP contribution in [0.25, 0.3) is 10.9 Å². The minimum atomic E-state index is 0.00111. The van der Waals surface area contributed by atoms with E-state index >= 15 is 0 Å². The highest BCUT2D eigenvalue weighted by molar-refractivity contribution is 5.80. The maximum atomic E-state index is 12.9. The van der Waals surface area contributed by atoms with Gasteiger partial charge in [0.15, 0.2) is 6.61 Å². The zero-order valence-corrected chi connectivity index (χ0v) is 15.8. The van der Waals surface area contributed by atoms with Crippen LogP contribution in [0.2, 0.25) is 0 Å². The predicted molar refractivity (Wildman–Crippen MR) is 104 cm³/mol. The number of ether oxygens (including phenoxy) is 1. The van der Waals surface area contributed by atoms with Crippen LogP contribution in [0.4, 0.5) is 0 Å². The molecule has 0 bridgehead atoms. The SMILES string of the molecule is O=C(COc1ccc2nc3n(c(=O)c2c1)CCCCC3)N1CCCCCC1. The summed E-state index contributed by atoms with van der Waals surface area (Å²) in [5.74, 6) is 1.46. The molecule has 27 heavy (non-hydrogen) atoms.